The number of fused-ring (bicyclic) bond motifs is 2. The molecule has 0 aliphatic carbocycles. The van der Waals surface area contributed by atoms with Gasteiger partial charge in [0, 0.05) is 49.0 Å². The Hall–Kier alpha value is -5.35. The van der Waals surface area contributed by atoms with Crippen molar-refractivity contribution < 1.29 is 33.0 Å². The molecule has 3 aromatic heterocycles. The average Bonchev–Trinajstić information content (AvgIpc) is 3.57. The summed E-state index contributed by atoms with van der Waals surface area (Å²) in [5, 5.41) is 28.5. The summed E-state index contributed by atoms with van der Waals surface area (Å²) in [7, 11) is 0. The number of amides is 1. The molecule has 0 saturated carbocycles. The summed E-state index contributed by atoms with van der Waals surface area (Å²) < 4.78 is 36.6. The molecule has 0 radical (unpaired) electrons. The Morgan fingerprint density at radius 3 is 2.51 bits per heavy atom. The zero-order valence-corrected chi connectivity index (χ0v) is 25.3. The van der Waals surface area contributed by atoms with Crippen molar-refractivity contribution in [2.24, 2.45) is 0 Å². The fraction of sp³-hybridized carbons (Fsp3) is 0.290. The van der Waals surface area contributed by atoms with Gasteiger partial charge in [0.25, 0.3) is 5.91 Å². The van der Waals surface area contributed by atoms with E-state index in [1.54, 1.807) is 40.8 Å². The summed E-state index contributed by atoms with van der Waals surface area (Å²) in [6, 6.07) is 15.0. The normalized spacial score (nSPS) is 15.0. The van der Waals surface area contributed by atoms with Crippen molar-refractivity contribution in [1.29, 1.82) is 0 Å². The Balaban J connectivity index is 0.000000559. The molecule has 13 nitrogen and oxygen atoms in total. The highest BCUT2D eigenvalue weighted by atomic mass is 19.4. The van der Waals surface area contributed by atoms with Crippen molar-refractivity contribution in [3.8, 4) is 17.1 Å². The third-order valence-corrected chi connectivity index (χ3v) is 7.36. The molecule has 2 atom stereocenters. The van der Waals surface area contributed by atoms with Gasteiger partial charge in [0.2, 0.25) is 0 Å². The van der Waals surface area contributed by atoms with Crippen LogP contribution in [0.3, 0.4) is 0 Å². The van der Waals surface area contributed by atoms with Crippen molar-refractivity contribution in [3.05, 3.63) is 94.6 Å². The third-order valence-electron chi connectivity index (χ3n) is 7.36. The summed E-state index contributed by atoms with van der Waals surface area (Å²) in [5.41, 5.74) is 3.79. The summed E-state index contributed by atoms with van der Waals surface area (Å²) in [6.45, 7) is 5.17. The fourth-order valence-electron chi connectivity index (χ4n) is 5.24. The molecule has 0 saturated heterocycles. The molecule has 246 valence electrons. The lowest BCUT2D eigenvalue weighted by atomic mass is 10.1. The number of carbonyl (C=O) groups is 2. The number of rotatable bonds is 7. The van der Waals surface area contributed by atoms with Gasteiger partial charge in [-0.25, -0.2) is 19.6 Å². The van der Waals surface area contributed by atoms with E-state index in [1.165, 1.54) is 4.57 Å². The topological polar surface area (TPSA) is 169 Å². The Kier molecular flexibility index (Phi) is 9.53. The van der Waals surface area contributed by atoms with Gasteiger partial charge < -0.3 is 20.8 Å². The molecule has 1 aliphatic rings. The zero-order chi connectivity index (χ0) is 33.9. The van der Waals surface area contributed by atoms with E-state index in [2.05, 4.69) is 25.7 Å². The monoisotopic (exact) mass is 652 g/mol. The number of nitrogens with one attached hydrogen (secondary N) is 2. The SMILES string of the molecule is CC1Cn2c(c(C(=O)NCc3ccccc3-c3ncccn3)n(-c3ccc4c(cnn4C[C@@H](C)O)c3)c2=O)CN1.O=C(O)C(F)(F)F. The van der Waals surface area contributed by atoms with Gasteiger partial charge in [0.15, 0.2) is 5.82 Å². The Labute approximate surface area is 265 Å². The quantitative estimate of drug-likeness (QED) is 0.207. The first-order chi connectivity index (χ1) is 22.3. The van der Waals surface area contributed by atoms with Gasteiger partial charge in [-0.05, 0) is 43.7 Å². The second-order valence-electron chi connectivity index (χ2n) is 10.9. The van der Waals surface area contributed by atoms with Crippen molar-refractivity contribution in [2.45, 2.75) is 58.3 Å². The van der Waals surface area contributed by atoms with Crippen LogP contribution in [0.4, 0.5) is 13.2 Å². The summed E-state index contributed by atoms with van der Waals surface area (Å²) in [4.78, 5) is 45.2. The number of carboxylic acids is 1. The van der Waals surface area contributed by atoms with Crippen LogP contribution < -0.4 is 16.3 Å². The number of hydrogen-bond acceptors (Lipinski definition) is 8. The maximum Gasteiger partial charge on any atom is 0.490 e. The van der Waals surface area contributed by atoms with Crippen molar-refractivity contribution in [1.82, 2.24) is 39.5 Å². The van der Waals surface area contributed by atoms with Gasteiger partial charge in [0.05, 0.1) is 35.7 Å². The van der Waals surface area contributed by atoms with E-state index in [9.17, 15) is 27.9 Å². The number of benzene rings is 2. The number of hydrogen-bond donors (Lipinski definition) is 4. The highest BCUT2D eigenvalue weighted by molar-refractivity contribution is 5.95. The molecular weight excluding hydrogens is 621 g/mol. The molecule has 4 heterocycles. The second-order valence-corrected chi connectivity index (χ2v) is 10.9. The second kappa shape index (κ2) is 13.6. The molecule has 16 heteroatoms. The molecule has 1 unspecified atom stereocenters. The third kappa shape index (κ3) is 7.23. The standard InChI is InChI=1S/C29H30N8O3.C2HF3O2/c1-18-16-35-25(15-32-18)26(28(39)33-13-20-6-3-4-7-23(20)27-30-10-5-11-31-27)37(29(35)40)22-8-9-24-21(12-22)14-34-36(24)17-19(2)38;3-2(4,5)1(6)7/h3-12,14,18-19,32,38H,13,15-17H2,1-2H3,(H,33,39);(H,6,7)/t18?,19-;/m1./s1. The Morgan fingerprint density at radius 2 is 1.83 bits per heavy atom. The van der Waals surface area contributed by atoms with E-state index in [-0.39, 0.29) is 24.2 Å². The van der Waals surface area contributed by atoms with Crippen LogP contribution in [0.25, 0.3) is 28.0 Å². The summed E-state index contributed by atoms with van der Waals surface area (Å²) in [6.07, 6.45) is -0.563. The first-order valence-corrected chi connectivity index (χ1v) is 14.5. The predicted molar refractivity (Wildman–Crippen MR) is 164 cm³/mol. The minimum atomic E-state index is -5.08. The minimum absolute atomic E-state index is 0.0934. The maximum absolute atomic E-state index is 13.8. The maximum atomic E-state index is 13.8. The Morgan fingerprint density at radius 1 is 1.13 bits per heavy atom. The van der Waals surface area contributed by atoms with Gasteiger partial charge in [-0.3, -0.25) is 18.6 Å². The molecule has 0 spiro atoms. The van der Waals surface area contributed by atoms with Gasteiger partial charge >= 0.3 is 17.8 Å². The number of carbonyl (C=O) groups excluding carboxylic acids is 1. The number of carboxylic acid groups (broad SMARTS) is 1. The van der Waals surface area contributed by atoms with E-state index in [4.69, 9.17) is 9.90 Å². The van der Waals surface area contributed by atoms with Crippen LogP contribution in [0.2, 0.25) is 0 Å². The number of nitrogens with zero attached hydrogens (tertiary/aromatic N) is 6. The minimum Gasteiger partial charge on any atom is -0.475 e. The highest BCUT2D eigenvalue weighted by Gasteiger charge is 2.38. The van der Waals surface area contributed by atoms with Gasteiger partial charge in [-0.15, -0.1) is 0 Å². The molecule has 1 aliphatic heterocycles. The van der Waals surface area contributed by atoms with Crippen LogP contribution in [-0.4, -0.2) is 69.3 Å². The first-order valence-electron chi connectivity index (χ1n) is 14.5. The lowest BCUT2D eigenvalue weighted by Gasteiger charge is -2.22. The molecule has 0 fully saturated rings. The average molecular weight is 653 g/mol. The molecule has 2 aromatic carbocycles. The van der Waals surface area contributed by atoms with Crippen LogP contribution >= 0.6 is 0 Å². The van der Waals surface area contributed by atoms with Crippen LogP contribution in [0.15, 0.2) is 71.9 Å². The number of aromatic nitrogens is 6. The number of aliphatic carboxylic acids is 1. The van der Waals surface area contributed by atoms with Crippen molar-refractivity contribution >= 4 is 22.8 Å². The lowest BCUT2D eigenvalue weighted by molar-refractivity contribution is -0.192. The van der Waals surface area contributed by atoms with Crippen LogP contribution in [0.5, 0.6) is 0 Å². The van der Waals surface area contributed by atoms with Crippen LogP contribution in [0, 0.1) is 0 Å². The smallest absolute Gasteiger partial charge is 0.475 e. The molecule has 47 heavy (non-hydrogen) atoms. The predicted octanol–water partition coefficient (Wildman–Crippen LogP) is 2.88. The molecule has 4 N–H and O–H groups in total. The van der Waals surface area contributed by atoms with E-state index in [0.717, 1.165) is 22.0 Å². The number of aliphatic hydroxyl groups excluding tert-OH is 1. The molecule has 5 aromatic rings. The number of alkyl halides is 3. The van der Waals surface area contributed by atoms with Crippen LogP contribution in [0.1, 0.15) is 35.6 Å². The number of halogens is 3. The van der Waals surface area contributed by atoms with E-state index in [1.807, 2.05) is 49.4 Å². The van der Waals surface area contributed by atoms with Gasteiger partial charge in [-0.2, -0.15) is 18.3 Å². The van der Waals surface area contributed by atoms with E-state index in [0.29, 0.717) is 42.5 Å². The summed E-state index contributed by atoms with van der Waals surface area (Å²) >= 11 is 0. The Bertz CT molecular complexity index is 1970. The molecular formula is C31H31F3N8O5. The van der Waals surface area contributed by atoms with Gasteiger partial charge in [-0.1, -0.05) is 24.3 Å². The zero-order valence-electron chi connectivity index (χ0n) is 25.3. The fourth-order valence-corrected chi connectivity index (χ4v) is 5.24. The molecule has 6 rings (SSSR count). The number of aliphatic hydroxyl groups is 1. The van der Waals surface area contributed by atoms with E-state index >= 15 is 0 Å². The van der Waals surface area contributed by atoms with Gasteiger partial charge in [0.1, 0.15) is 5.69 Å². The highest BCUT2D eigenvalue weighted by Crippen LogP contribution is 2.24. The first kappa shape index (κ1) is 33.0. The van der Waals surface area contributed by atoms with E-state index < -0.39 is 18.2 Å². The van der Waals surface area contributed by atoms with Crippen LogP contribution in [-0.2, 0) is 31.0 Å². The summed E-state index contributed by atoms with van der Waals surface area (Å²) in [5.74, 6) is -2.53. The molecule has 1 amide bonds. The largest absolute Gasteiger partial charge is 0.490 e. The lowest BCUT2D eigenvalue weighted by Crippen LogP contribution is -2.40. The number of imidazole rings is 1. The molecule has 0 bridgehead atoms. The van der Waals surface area contributed by atoms with Crippen molar-refractivity contribution in [2.75, 3.05) is 0 Å². The van der Waals surface area contributed by atoms with Crippen molar-refractivity contribution in [3.63, 3.8) is 0 Å².